The highest BCUT2D eigenvalue weighted by Gasteiger charge is 2.28. The number of carbonyl (C=O) groups excluding carboxylic acids is 3. The summed E-state index contributed by atoms with van der Waals surface area (Å²) in [5, 5.41) is 9.56. The van der Waals surface area contributed by atoms with Gasteiger partial charge in [-0.05, 0) is 6.42 Å². The van der Waals surface area contributed by atoms with Crippen LogP contribution in [-0.2, 0) is 16.6 Å². The third-order valence-corrected chi connectivity index (χ3v) is 4.27. The van der Waals surface area contributed by atoms with Crippen LogP contribution < -0.4 is 10.6 Å². The molecule has 2 aromatic heterocycles. The van der Waals surface area contributed by atoms with Crippen molar-refractivity contribution in [2.45, 2.75) is 18.9 Å². The Morgan fingerprint density at radius 3 is 2.95 bits per heavy atom. The first kappa shape index (κ1) is 14.4. The molecule has 114 valence electrons. The lowest BCUT2D eigenvalue weighted by Gasteiger charge is -2.21. The monoisotopic (exact) mass is 319 g/mol. The van der Waals surface area contributed by atoms with Crippen molar-refractivity contribution < 1.29 is 14.4 Å². The molecule has 0 bridgehead atoms. The van der Waals surface area contributed by atoms with Gasteiger partial charge in [-0.1, -0.05) is 0 Å². The lowest BCUT2D eigenvalue weighted by molar-refractivity contribution is -0.134. The molecular weight excluding hydrogens is 306 g/mol. The van der Waals surface area contributed by atoms with Gasteiger partial charge < -0.3 is 5.32 Å². The van der Waals surface area contributed by atoms with E-state index in [1.807, 2.05) is 0 Å². The number of aromatic nitrogens is 3. The van der Waals surface area contributed by atoms with Crippen LogP contribution in [0.2, 0.25) is 0 Å². The van der Waals surface area contributed by atoms with E-state index in [9.17, 15) is 14.4 Å². The average Bonchev–Trinajstić information content (AvgIpc) is 3.10. The number of thiazole rings is 1. The van der Waals surface area contributed by atoms with Gasteiger partial charge >= 0.3 is 0 Å². The maximum Gasteiger partial charge on any atom is 0.263 e. The fourth-order valence-corrected chi connectivity index (χ4v) is 2.90. The van der Waals surface area contributed by atoms with Crippen molar-refractivity contribution >= 4 is 29.1 Å². The zero-order chi connectivity index (χ0) is 15.7. The molecule has 0 aromatic carbocycles. The van der Waals surface area contributed by atoms with Gasteiger partial charge in [-0.25, -0.2) is 4.98 Å². The highest BCUT2D eigenvalue weighted by molar-refractivity contribution is 7.16. The van der Waals surface area contributed by atoms with Gasteiger partial charge in [0.25, 0.3) is 5.91 Å². The summed E-state index contributed by atoms with van der Waals surface area (Å²) in [6, 6.07) is -0.686. The van der Waals surface area contributed by atoms with Crippen molar-refractivity contribution in [3.63, 3.8) is 0 Å². The molecule has 1 saturated heterocycles. The van der Waals surface area contributed by atoms with E-state index >= 15 is 0 Å². The Morgan fingerprint density at radius 1 is 1.45 bits per heavy atom. The molecule has 0 saturated carbocycles. The van der Waals surface area contributed by atoms with Gasteiger partial charge in [0.05, 0.1) is 12.4 Å². The van der Waals surface area contributed by atoms with E-state index in [-0.39, 0.29) is 18.2 Å². The van der Waals surface area contributed by atoms with Crippen LogP contribution in [0.5, 0.6) is 0 Å². The summed E-state index contributed by atoms with van der Waals surface area (Å²) in [4.78, 5) is 39.5. The van der Waals surface area contributed by atoms with Crippen LogP contribution in [0.25, 0.3) is 10.6 Å². The normalized spacial score (nSPS) is 18.1. The fourth-order valence-electron chi connectivity index (χ4n) is 2.10. The maximum atomic E-state index is 12.2. The Morgan fingerprint density at radius 2 is 2.27 bits per heavy atom. The molecule has 1 aliphatic rings. The molecule has 0 radical (unpaired) electrons. The lowest BCUT2D eigenvalue weighted by atomic mass is 10.1. The molecule has 3 rings (SSSR count). The van der Waals surface area contributed by atoms with E-state index in [2.05, 4.69) is 20.7 Å². The molecule has 9 heteroatoms. The highest BCUT2D eigenvalue weighted by Crippen LogP contribution is 2.24. The molecule has 22 heavy (non-hydrogen) atoms. The number of nitrogens with zero attached hydrogens (tertiary/aromatic N) is 3. The van der Waals surface area contributed by atoms with Gasteiger partial charge in [0.2, 0.25) is 11.8 Å². The van der Waals surface area contributed by atoms with Crippen molar-refractivity contribution in [2.24, 2.45) is 7.05 Å². The van der Waals surface area contributed by atoms with Crippen molar-refractivity contribution in [1.82, 2.24) is 25.4 Å². The highest BCUT2D eigenvalue weighted by atomic mass is 32.1. The zero-order valence-corrected chi connectivity index (χ0v) is 12.5. The largest absolute Gasteiger partial charge is 0.339 e. The minimum atomic E-state index is -0.686. The quantitative estimate of drug-likeness (QED) is 0.779. The van der Waals surface area contributed by atoms with Gasteiger partial charge in [-0.2, -0.15) is 5.10 Å². The number of carbonyl (C=O) groups is 3. The number of amides is 3. The van der Waals surface area contributed by atoms with E-state index < -0.39 is 11.9 Å². The smallest absolute Gasteiger partial charge is 0.263 e. The van der Waals surface area contributed by atoms with Crippen LogP contribution >= 0.6 is 11.3 Å². The third-order valence-electron chi connectivity index (χ3n) is 3.23. The maximum absolute atomic E-state index is 12.2. The molecule has 1 atom stereocenters. The topological polar surface area (TPSA) is 106 Å². The third kappa shape index (κ3) is 2.89. The lowest BCUT2D eigenvalue weighted by Crippen LogP contribution is -2.52. The van der Waals surface area contributed by atoms with Crippen LogP contribution in [-0.4, -0.2) is 38.5 Å². The number of piperidine rings is 1. The minimum absolute atomic E-state index is 0.223. The Bertz CT molecular complexity index is 750. The van der Waals surface area contributed by atoms with E-state index in [0.29, 0.717) is 16.3 Å². The molecule has 8 nitrogen and oxygen atoms in total. The number of rotatable bonds is 3. The van der Waals surface area contributed by atoms with Crippen LogP contribution in [0, 0.1) is 0 Å². The molecule has 2 N–H and O–H groups in total. The van der Waals surface area contributed by atoms with E-state index in [0.717, 1.165) is 5.56 Å². The van der Waals surface area contributed by atoms with E-state index in [4.69, 9.17) is 0 Å². The fraction of sp³-hybridized carbons (Fsp3) is 0.308. The standard InChI is InChI=1S/C13H13N5O3S/c1-18-6-7(4-15-18)13-14-5-9(22-13)12(21)16-8-2-3-10(19)17-11(8)20/h4-6,8H,2-3H2,1H3,(H,16,21)(H,17,19,20). The van der Waals surface area contributed by atoms with Crippen molar-refractivity contribution in [2.75, 3.05) is 0 Å². The van der Waals surface area contributed by atoms with Crippen LogP contribution in [0.15, 0.2) is 18.6 Å². The Balaban J connectivity index is 1.69. The van der Waals surface area contributed by atoms with Gasteiger partial charge in [-0.15, -0.1) is 11.3 Å². The first-order chi connectivity index (χ1) is 10.5. The predicted octanol–water partition coefficient (Wildman–Crippen LogP) is 0.0786. The van der Waals surface area contributed by atoms with Crippen LogP contribution in [0.3, 0.4) is 0 Å². The molecule has 0 spiro atoms. The zero-order valence-electron chi connectivity index (χ0n) is 11.7. The molecule has 1 aliphatic heterocycles. The number of aryl methyl sites for hydroxylation is 1. The molecule has 3 amide bonds. The molecule has 1 unspecified atom stereocenters. The van der Waals surface area contributed by atoms with Gasteiger partial charge in [0.15, 0.2) is 0 Å². The summed E-state index contributed by atoms with van der Waals surface area (Å²) in [6.45, 7) is 0. The van der Waals surface area contributed by atoms with E-state index in [1.165, 1.54) is 17.5 Å². The summed E-state index contributed by atoms with van der Waals surface area (Å²) < 4.78 is 1.65. The number of hydrogen-bond acceptors (Lipinski definition) is 6. The molecular formula is C13H13N5O3S. The summed E-state index contributed by atoms with van der Waals surface area (Å²) in [5.41, 5.74) is 0.826. The van der Waals surface area contributed by atoms with Crippen molar-refractivity contribution in [1.29, 1.82) is 0 Å². The summed E-state index contributed by atoms with van der Waals surface area (Å²) >= 11 is 1.22. The average molecular weight is 319 g/mol. The van der Waals surface area contributed by atoms with Crippen LogP contribution in [0.1, 0.15) is 22.5 Å². The van der Waals surface area contributed by atoms with Gasteiger partial charge in [-0.3, -0.25) is 24.4 Å². The minimum Gasteiger partial charge on any atom is -0.339 e. The Labute approximate surface area is 129 Å². The second kappa shape index (κ2) is 5.68. The molecule has 0 aliphatic carbocycles. The van der Waals surface area contributed by atoms with Crippen molar-refractivity contribution in [3.8, 4) is 10.6 Å². The number of hydrogen-bond donors (Lipinski definition) is 2. The van der Waals surface area contributed by atoms with Crippen LogP contribution in [0.4, 0.5) is 0 Å². The first-order valence-electron chi connectivity index (χ1n) is 6.62. The summed E-state index contributed by atoms with van der Waals surface area (Å²) in [7, 11) is 1.80. The predicted molar refractivity (Wildman–Crippen MR) is 78.0 cm³/mol. The van der Waals surface area contributed by atoms with Gasteiger partial charge in [0.1, 0.15) is 15.9 Å². The summed E-state index contributed by atoms with van der Waals surface area (Å²) in [5.74, 6) is -1.16. The Hall–Kier alpha value is -2.55. The Kier molecular flexibility index (Phi) is 3.72. The number of imide groups is 1. The second-order valence-electron chi connectivity index (χ2n) is 4.91. The summed E-state index contributed by atoms with van der Waals surface area (Å²) in [6.07, 6.45) is 5.47. The first-order valence-corrected chi connectivity index (χ1v) is 7.44. The second-order valence-corrected chi connectivity index (χ2v) is 5.94. The molecule has 3 heterocycles. The van der Waals surface area contributed by atoms with Crippen molar-refractivity contribution in [3.05, 3.63) is 23.5 Å². The number of nitrogens with one attached hydrogen (secondary N) is 2. The van der Waals surface area contributed by atoms with E-state index in [1.54, 1.807) is 24.1 Å². The molecule has 2 aromatic rings. The SMILES string of the molecule is Cn1cc(-c2ncc(C(=O)NC3CCC(=O)NC3=O)s2)cn1. The van der Waals surface area contributed by atoms with Gasteiger partial charge in [0, 0.05) is 25.2 Å². The molecule has 1 fully saturated rings.